The zero-order chi connectivity index (χ0) is 19.3. The molecule has 28 heavy (non-hydrogen) atoms. The quantitative estimate of drug-likeness (QED) is 0.357. The maximum absolute atomic E-state index is 6.31. The summed E-state index contributed by atoms with van der Waals surface area (Å²) in [6.45, 7) is 2.20. The van der Waals surface area contributed by atoms with Gasteiger partial charge in [-0.3, -0.25) is 0 Å². The van der Waals surface area contributed by atoms with Gasteiger partial charge in [0.05, 0.1) is 0 Å². The van der Waals surface area contributed by atoms with Gasteiger partial charge in [0.25, 0.3) is 0 Å². The summed E-state index contributed by atoms with van der Waals surface area (Å²) in [5.74, 6) is 1.49. The number of aromatic nitrogens is 3. The van der Waals surface area contributed by atoms with Crippen LogP contribution in [0.25, 0.3) is 11.3 Å². The van der Waals surface area contributed by atoms with E-state index in [0.29, 0.717) is 16.7 Å². The molecular weight excluding hydrogens is 436 g/mol. The van der Waals surface area contributed by atoms with Gasteiger partial charge >= 0.3 is 0 Å². The molecule has 0 spiro atoms. The first-order chi connectivity index (χ1) is 13.8. The van der Waals surface area contributed by atoms with E-state index in [0.717, 1.165) is 33.5 Å². The molecule has 0 amide bonds. The first-order valence-corrected chi connectivity index (χ1v) is 11.2. The Balaban J connectivity index is 1.70. The second kappa shape index (κ2) is 8.92. The van der Waals surface area contributed by atoms with Crippen molar-refractivity contribution in [2.45, 2.75) is 37.6 Å². The van der Waals surface area contributed by atoms with Gasteiger partial charge in [0.15, 0.2) is 11.9 Å². The van der Waals surface area contributed by atoms with Crippen LogP contribution >= 0.6 is 27.7 Å². The Morgan fingerprint density at radius 2 is 1.89 bits per heavy atom. The Kier molecular flexibility index (Phi) is 6.12. The number of para-hydroxylation sites is 1. The molecule has 1 aliphatic heterocycles. The van der Waals surface area contributed by atoms with Crippen molar-refractivity contribution in [2.24, 2.45) is 0 Å². The smallest absolute Gasteiger partial charge is 0.247 e. The van der Waals surface area contributed by atoms with E-state index < -0.39 is 0 Å². The molecule has 0 unspecified atom stereocenters. The average Bonchev–Trinajstić information content (AvgIpc) is 2.88. The van der Waals surface area contributed by atoms with Crippen molar-refractivity contribution in [1.29, 1.82) is 0 Å². The molecular formula is C21H21BrN4OS. The highest BCUT2D eigenvalue weighted by molar-refractivity contribution is 9.10. The van der Waals surface area contributed by atoms with Gasteiger partial charge in [0, 0.05) is 27.0 Å². The number of halogens is 1. The Morgan fingerprint density at radius 3 is 2.75 bits per heavy atom. The van der Waals surface area contributed by atoms with E-state index in [4.69, 9.17) is 4.74 Å². The standard InChI is InChI=1S/C21H21BrN4OS/c1-2-3-8-13-28-21-24-20-18(25-26-21)15-10-5-7-12-17(15)23-19(27-20)14-9-4-6-11-16(14)22/h4-7,9-12,19,23H,2-3,8,13H2,1H3/t19-/m1/s1. The minimum atomic E-state index is -0.382. The summed E-state index contributed by atoms with van der Waals surface area (Å²) in [4.78, 5) is 4.69. The lowest BCUT2D eigenvalue weighted by atomic mass is 10.1. The number of nitrogens with one attached hydrogen (secondary N) is 1. The van der Waals surface area contributed by atoms with Crippen LogP contribution in [0.3, 0.4) is 0 Å². The molecule has 4 rings (SSSR count). The fourth-order valence-corrected chi connectivity index (χ4v) is 4.32. The molecule has 3 aromatic rings. The van der Waals surface area contributed by atoms with Gasteiger partial charge in [-0.05, 0) is 18.6 Å². The maximum Gasteiger partial charge on any atom is 0.247 e. The molecule has 5 nitrogen and oxygen atoms in total. The molecule has 0 bridgehead atoms. The third kappa shape index (κ3) is 4.15. The number of ether oxygens (including phenoxy) is 1. The highest BCUT2D eigenvalue weighted by Crippen LogP contribution is 2.40. The topological polar surface area (TPSA) is 59.9 Å². The third-order valence-electron chi connectivity index (χ3n) is 4.50. The maximum atomic E-state index is 6.31. The number of benzene rings is 2. The number of hydrogen-bond acceptors (Lipinski definition) is 6. The molecule has 0 radical (unpaired) electrons. The van der Waals surface area contributed by atoms with Crippen LogP contribution in [-0.2, 0) is 0 Å². The molecule has 7 heteroatoms. The van der Waals surface area contributed by atoms with E-state index in [-0.39, 0.29) is 6.23 Å². The van der Waals surface area contributed by atoms with Crippen molar-refractivity contribution >= 4 is 33.4 Å². The van der Waals surface area contributed by atoms with Crippen molar-refractivity contribution in [2.75, 3.05) is 11.1 Å². The first kappa shape index (κ1) is 19.2. The van der Waals surface area contributed by atoms with E-state index in [1.807, 2.05) is 48.5 Å². The molecule has 1 N–H and O–H groups in total. The predicted octanol–water partition coefficient (Wildman–Crippen LogP) is 6.09. The summed E-state index contributed by atoms with van der Waals surface area (Å²) in [6.07, 6.45) is 3.17. The van der Waals surface area contributed by atoms with Gasteiger partial charge in [-0.1, -0.05) is 83.9 Å². The average molecular weight is 457 g/mol. The largest absolute Gasteiger partial charge is 0.448 e. The molecule has 0 saturated carbocycles. The van der Waals surface area contributed by atoms with Gasteiger partial charge < -0.3 is 10.1 Å². The lowest BCUT2D eigenvalue weighted by molar-refractivity contribution is 0.224. The minimum Gasteiger partial charge on any atom is -0.448 e. The van der Waals surface area contributed by atoms with Crippen LogP contribution in [0.5, 0.6) is 5.88 Å². The predicted molar refractivity (Wildman–Crippen MR) is 117 cm³/mol. The second-order valence-corrected chi connectivity index (χ2v) is 8.43. The van der Waals surface area contributed by atoms with Crippen molar-refractivity contribution in [1.82, 2.24) is 15.2 Å². The SMILES string of the molecule is CCCCCSc1nnc2c(n1)O[C@H](c1ccccc1Br)Nc1ccccc1-2. The highest BCUT2D eigenvalue weighted by atomic mass is 79.9. The fourth-order valence-electron chi connectivity index (χ4n) is 3.05. The lowest BCUT2D eigenvalue weighted by Gasteiger charge is -2.20. The molecule has 2 aromatic carbocycles. The van der Waals surface area contributed by atoms with Crippen LogP contribution in [0.2, 0.25) is 0 Å². The zero-order valence-corrected chi connectivity index (χ0v) is 18.0. The normalized spacial score (nSPS) is 15.0. The summed E-state index contributed by atoms with van der Waals surface area (Å²) in [7, 11) is 0. The molecule has 0 aliphatic carbocycles. The number of unbranched alkanes of at least 4 members (excludes halogenated alkanes) is 2. The molecule has 2 heterocycles. The Bertz CT molecular complexity index is 969. The lowest BCUT2D eigenvalue weighted by Crippen LogP contribution is -2.17. The molecule has 1 aliphatic rings. The van der Waals surface area contributed by atoms with Crippen molar-refractivity contribution in [3.05, 3.63) is 58.6 Å². The van der Waals surface area contributed by atoms with Gasteiger partial charge in [0.2, 0.25) is 11.0 Å². The van der Waals surface area contributed by atoms with E-state index in [2.05, 4.69) is 43.4 Å². The number of anilines is 1. The monoisotopic (exact) mass is 456 g/mol. The van der Waals surface area contributed by atoms with Crippen LogP contribution in [0, 0.1) is 0 Å². The number of fused-ring (bicyclic) bond motifs is 3. The summed E-state index contributed by atoms with van der Waals surface area (Å²) in [5.41, 5.74) is 3.55. The van der Waals surface area contributed by atoms with E-state index in [9.17, 15) is 0 Å². The summed E-state index contributed by atoms with van der Waals surface area (Å²) >= 11 is 5.26. The van der Waals surface area contributed by atoms with Crippen LogP contribution in [0.1, 0.15) is 38.0 Å². The number of thioether (sulfide) groups is 1. The first-order valence-electron chi connectivity index (χ1n) is 9.41. The second-order valence-electron chi connectivity index (χ2n) is 6.51. The number of hydrogen-bond donors (Lipinski definition) is 1. The minimum absolute atomic E-state index is 0.382. The van der Waals surface area contributed by atoms with Gasteiger partial charge in [-0.25, -0.2) is 0 Å². The molecule has 144 valence electrons. The molecule has 1 aromatic heterocycles. The van der Waals surface area contributed by atoms with E-state index in [1.54, 1.807) is 11.8 Å². The molecule has 0 fully saturated rings. The highest BCUT2D eigenvalue weighted by Gasteiger charge is 2.26. The van der Waals surface area contributed by atoms with Crippen molar-refractivity contribution < 1.29 is 4.74 Å². The molecule has 1 atom stereocenters. The van der Waals surface area contributed by atoms with Crippen LogP contribution in [-0.4, -0.2) is 20.9 Å². The fraction of sp³-hybridized carbons (Fsp3) is 0.286. The number of nitrogens with zero attached hydrogens (tertiary/aromatic N) is 3. The van der Waals surface area contributed by atoms with E-state index >= 15 is 0 Å². The summed E-state index contributed by atoms with van der Waals surface area (Å²) in [6, 6.07) is 16.0. The Morgan fingerprint density at radius 1 is 1.07 bits per heavy atom. The zero-order valence-electron chi connectivity index (χ0n) is 15.6. The van der Waals surface area contributed by atoms with Crippen LogP contribution < -0.4 is 10.1 Å². The van der Waals surface area contributed by atoms with Crippen LogP contribution in [0.4, 0.5) is 5.69 Å². The third-order valence-corrected chi connectivity index (χ3v) is 6.15. The van der Waals surface area contributed by atoms with Crippen molar-refractivity contribution in [3.8, 4) is 17.1 Å². The van der Waals surface area contributed by atoms with E-state index in [1.165, 1.54) is 12.8 Å². The van der Waals surface area contributed by atoms with Gasteiger partial charge in [-0.2, -0.15) is 4.98 Å². The number of rotatable bonds is 6. The Labute approximate surface area is 177 Å². The summed E-state index contributed by atoms with van der Waals surface area (Å²) < 4.78 is 7.28. The van der Waals surface area contributed by atoms with Gasteiger partial charge in [-0.15, -0.1) is 10.2 Å². The molecule has 0 saturated heterocycles. The van der Waals surface area contributed by atoms with Gasteiger partial charge in [0.1, 0.15) is 0 Å². The van der Waals surface area contributed by atoms with Crippen LogP contribution in [0.15, 0.2) is 58.2 Å². The van der Waals surface area contributed by atoms with Crippen molar-refractivity contribution in [3.63, 3.8) is 0 Å². The summed E-state index contributed by atoms with van der Waals surface area (Å²) in [5, 5.41) is 12.9. The Hall–Kier alpha value is -2.12.